The molecule has 6 heteroatoms. The van der Waals surface area contributed by atoms with Gasteiger partial charge in [0.25, 0.3) is 0 Å². The molecule has 0 saturated carbocycles. The Balaban J connectivity index is 1.38. The molecule has 34 heavy (non-hydrogen) atoms. The van der Waals surface area contributed by atoms with Crippen LogP contribution in [0.15, 0.2) is 36.4 Å². The quantitative estimate of drug-likeness (QED) is 0.558. The summed E-state index contributed by atoms with van der Waals surface area (Å²) in [5.74, 6) is 0. The summed E-state index contributed by atoms with van der Waals surface area (Å²) in [6.07, 6.45) is 0. The highest BCUT2D eigenvalue weighted by molar-refractivity contribution is 5.76. The highest BCUT2D eigenvalue weighted by Gasteiger charge is 2.33. The zero-order chi connectivity index (χ0) is 24.1. The molecule has 6 nitrogen and oxygen atoms in total. The smallest absolute Gasteiger partial charge is 0.0717 e. The molecule has 0 spiro atoms. The Kier molecular flexibility index (Phi) is 8.27. The highest BCUT2D eigenvalue weighted by atomic mass is 16.5. The van der Waals surface area contributed by atoms with Gasteiger partial charge >= 0.3 is 0 Å². The minimum Gasteiger partial charge on any atom is -0.395 e. The molecule has 2 aromatic carbocycles. The largest absolute Gasteiger partial charge is 0.395 e. The number of nitrogens with zero attached hydrogens (tertiary/aromatic N) is 3. The number of hydrogen-bond acceptors (Lipinski definition) is 6. The lowest BCUT2D eigenvalue weighted by Gasteiger charge is -2.37. The summed E-state index contributed by atoms with van der Waals surface area (Å²) in [4.78, 5) is 7.32. The molecule has 0 atom stereocenters. The minimum atomic E-state index is -0.0463. The number of benzene rings is 2. The SMILES string of the molecule is CCOCc1ccc2c(c1)Nc1ccc(CN3CCN(CCN(C)CCO)CC3)cc1C2(C)C. The topological polar surface area (TPSA) is 51.2 Å². The van der Waals surface area contributed by atoms with Gasteiger partial charge in [-0.2, -0.15) is 0 Å². The Hall–Kier alpha value is -1.96. The van der Waals surface area contributed by atoms with Crippen LogP contribution in [0.2, 0.25) is 0 Å². The van der Waals surface area contributed by atoms with Gasteiger partial charge < -0.3 is 20.1 Å². The van der Waals surface area contributed by atoms with Gasteiger partial charge in [0, 0.05) is 75.8 Å². The van der Waals surface area contributed by atoms with Crippen LogP contribution in [0.5, 0.6) is 0 Å². The minimum absolute atomic E-state index is 0.0463. The normalized spacial score (nSPS) is 17.9. The number of fused-ring (bicyclic) bond motifs is 2. The van der Waals surface area contributed by atoms with Gasteiger partial charge in [-0.1, -0.05) is 38.1 Å². The molecule has 0 aliphatic carbocycles. The second kappa shape index (κ2) is 11.2. The van der Waals surface area contributed by atoms with Gasteiger partial charge in [0.1, 0.15) is 0 Å². The summed E-state index contributed by atoms with van der Waals surface area (Å²) < 4.78 is 5.61. The Bertz CT molecular complexity index is 953. The first kappa shape index (κ1) is 25.1. The van der Waals surface area contributed by atoms with Crippen LogP contribution in [-0.4, -0.2) is 85.9 Å². The van der Waals surface area contributed by atoms with Crippen molar-refractivity contribution in [2.45, 2.75) is 39.3 Å². The van der Waals surface area contributed by atoms with Gasteiger partial charge in [-0.3, -0.25) is 9.80 Å². The third kappa shape index (κ3) is 5.81. The number of rotatable bonds is 10. The van der Waals surface area contributed by atoms with E-state index >= 15 is 0 Å². The van der Waals surface area contributed by atoms with E-state index in [1.165, 1.54) is 33.6 Å². The molecule has 2 aromatic rings. The predicted octanol–water partition coefficient (Wildman–Crippen LogP) is 3.65. The maximum Gasteiger partial charge on any atom is 0.0717 e. The van der Waals surface area contributed by atoms with Crippen molar-refractivity contribution in [1.82, 2.24) is 14.7 Å². The highest BCUT2D eigenvalue weighted by Crippen LogP contribution is 2.45. The lowest BCUT2D eigenvalue weighted by molar-refractivity contribution is 0.114. The van der Waals surface area contributed by atoms with Gasteiger partial charge in [-0.25, -0.2) is 0 Å². The molecule has 0 unspecified atom stereocenters. The zero-order valence-electron chi connectivity index (χ0n) is 21.4. The van der Waals surface area contributed by atoms with Crippen molar-refractivity contribution in [3.63, 3.8) is 0 Å². The molecule has 0 aromatic heterocycles. The number of piperazine rings is 1. The predicted molar refractivity (Wildman–Crippen MR) is 140 cm³/mol. The fourth-order valence-electron chi connectivity index (χ4n) is 5.18. The van der Waals surface area contributed by atoms with E-state index in [1.807, 2.05) is 6.92 Å². The van der Waals surface area contributed by atoms with Crippen molar-refractivity contribution >= 4 is 11.4 Å². The lowest BCUT2D eigenvalue weighted by atomic mass is 9.73. The zero-order valence-corrected chi connectivity index (χ0v) is 21.4. The molecule has 186 valence electrons. The molecule has 2 N–H and O–H groups in total. The van der Waals surface area contributed by atoms with Gasteiger partial charge in [-0.15, -0.1) is 0 Å². The molecule has 1 fully saturated rings. The summed E-state index contributed by atoms with van der Waals surface area (Å²) >= 11 is 0. The summed E-state index contributed by atoms with van der Waals surface area (Å²) in [6.45, 7) is 16.6. The summed E-state index contributed by atoms with van der Waals surface area (Å²) in [6, 6.07) is 13.7. The summed E-state index contributed by atoms with van der Waals surface area (Å²) in [7, 11) is 2.08. The first-order valence-electron chi connectivity index (χ1n) is 12.8. The van der Waals surface area contributed by atoms with Crippen molar-refractivity contribution in [3.8, 4) is 0 Å². The number of nitrogens with one attached hydrogen (secondary N) is 1. The third-order valence-electron chi connectivity index (χ3n) is 7.41. The van der Waals surface area contributed by atoms with Crippen LogP contribution in [0, 0.1) is 0 Å². The van der Waals surface area contributed by atoms with Crippen LogP contribution in [0.3, 0.4) is 0 Å². The van der Waals surface area contributed by atoms with E-state index in [1.54, 1.807) is 0 Å². The Morgan fingerprint density at radius 1 is 0.941 bits per heavy atom. The van der Waals surface area contributed by atoms with Crippen LogP contribution in [0.25, 0.3) is 0 Å². The van der Waals surface area contributed by atoms with E-state index in [4.69, 9.17) is 9.84 Å². The van der Waals surface area contributed by atoms with Crippen molar-refractivity contribution < 1.29 is 9.84 Å². The fraction of sp³-hybridized carbons (Fsp3) is 0.571. The average Bonchev–Trinajstić information content (AvgIpc) is 2.83. The van der Waals surface area contributed by atoms with Crippen molar-refractivity contribution in [2.24, 2.45) is 0 Å². The van der Waals surface area contributed by atoms with Gasteiger partial charge in [0.15, 0.2) is 0 Å². The number of aliphatic hydroxyl groups is 1. The second-order valence-electron chi connectivity index (χ2n) is 10.3. The van der Waals surface area contributed by atoms with E-state index in [2.05, 4.69) is 77.3 Å². The molecule has 4 rings (SSSR count). The van der Waals surface area contributed by atoms with Crippen LogP contribution < -0.4 is 5.32 Å². The molecular formula is C28H42N4O2. The van der Waals surface area contributed by atoms with Crippen LogP contribution in [0.1, 0.15) is 43.0 Å². The average molecular weight is 467 g/mol. The molecule has 0 bridgehead atoms. The summed E-state index contributed by atoms with van der Waals surface area (Å²) in [5, 5.41) is 12.8. The maximum absolute atomic E-state index is 9.07. The molecule has 2 heterocycles. The number of hydrogen-bond donors (Lipinski definition) is 2. The first-order chi connectivity index (χ1) is 16.4. The van der Waals surface area contributed by atoms with Crippen molar-refractivity contribution in [2.75, 3.05) is 71.4 Å². The number of likely N-dealkylation sites (N-methyl/N-ethyl adjacent to an activating group) is 1. The fourth-order valence-corrected chi connectivity index (χ4v) is 5.18. The Morgan fingerprint density at radius 3 is 2.41 bits per heavy atom. The Morgan fingerprint density at radius 2 is 1.68 bits per heavy atom. The van der Waals surface area contributed by atoms with Crippen LogP contribution in [0.4, 0.5) is 11.4 Å². The molecule has 0 amide bonds. The number of aliphatic hydroxyl groups excluding tert-OH is 1. The van der Waals surface area contributed by atoms with Crippen LogP contribution in [-0.2, 0) is 23.3 Å². The lowest BCUT2D eigenvalue weighted by Crippen LogP contribution is -2.47. The van der Waals surface area contributed by atoms with E-state index < -0.39 is 0 Å². The maximum atomic E-state index is 9.07. The third-order valence-corrected chi connectivity index (χ3v) is 7.41. The molecule has 2 aliphatic heterocycles. The summed E-state index contributed by atoms with van der Waals surface area (Å²) in [5.41, 5.74) is 7.69. The monoisotopic (exact) mass is 466 g/mol. The Labute approximate surface area is 205 Å². The number of ether oxygens (including phenoxy) is 1. The number of anilines is 2. The van der Waals surface area contributed by atoms with Gasteiger partial charge in [-0.05, 0) is 48.4 Å². The van der Waals surface area contributed by atoms with Gasteiger partial charge in [0.2, 0.25) is 0 Å². The molecule has 1 saturated heterocycles. The standard InChI is InChI=1S/C28H42N4O2/c1-5-34-21-23-6-8-24-27(19-23)29-26-9-7-22(18-25(26)28(24,2)3)20-32-14-12-31(13-15-32)11-10-30(4)16-17-33/h6-9,18-19,29,33H,5,10-17,20-21H2,1-4H3. The van der Waals surface area contributed by atoms with E-state index in [9.17, 15) is 0 Å². The first-order valence-corrected chi connectivity index (χ1v) is 12.8. The van der Waals surface area contributed by atoms with Crippen LogP contribution >= 0.6 is 0 Å². The van der Waals surface area contributed by atoms with Crippen molar-refractivity contribution in [3.05, 3.63) is 58.7 Å². The van der Waals surface area contributed by atoms with E-state index in [-0.39, 0.29) is 12.0 Å². The van der Waals surface area contributed by atoms with Crippen molar-refractivity contribution in [1.29, 1.82) is 0 Å². The van der Waals surface area contributed by atoms with E-state index in [0.29, 0.717) is 6.61 Å². The molecule has 0 radical (unpaired) electrons. The van der Waals surface area contributed by atoms with Gasteiger partial charge in [0.05, 0.1) is 13.2 Å². The van der Waals surface area contributed by atoms with E-state index in [0.717, 1.165) is 59.0 Å². The second-order valence-corrected chi connectivity index (χ2v) is 10.3. The molecule has 2 aliphatic rings. The molecular weight excluding hydrogens is 424 g/mol.